The molecule has 1 amide bonds. The van der Waals surface area contributed by atoms with Crippen molar-refractivity contribution in [3.8, 4) is 0 Å². The van der Waals surface area contributed by atoms with Gasteiger partial charge in [-0.2, -0.15) is 5.10 Å². The summed E-state index contributed by atoms with van der Waals surface area (Å²) in [6, 6.07) is 7.55. The number of anilines is 2. The Bertz CT molecular complexity index is 571. The summed E-state index contributed by atoms with van der Waals surface area (Å²) in [6.07, 6.45) is 3.48. The van der Waals surface area contributed by atoms with E-state index in [1.807, 2.05) is 56.5 Å². The van der Waals surface area contributed by atoms with E-state index in [9.17, 15) is 4.79 Å². The Labute approximate surface area is 113 Å². The fourth-order valence-corrected chi connectivity index (χ4v) is 1.79. The van der Waals surface area contributed by atoms with Crippen LogP contribution in [0.1, 0.15) is 10.4 Å². The standard InChI is InChI=1S/C14H18N4O/c1-16(2)12-7-5-11(6-8-12)14(19)18(4)13-9-15-17(3)10-13/h5-10H,1-4H3. The molecule has 19 heavy (non-hydrogen) atoms. The van der Waals surface area contributed by atoms with E-state index in [2.05, 4.69) is 5.10 Å². The zero-order valence-corrected chi connectivity index (χ0v) is 11.7. The lowest BCUT2D eigenvalue weighted by molar-refractivity contribution is 0.0993. The highest BCUT2D eigenvalue weighted by molar-refractivity contribution is 6.05. The van der Waals surface area contributed by atoms with Gasteiger partial charge in [-0.1, -0.05) is 0 Å². The Kier molecular flexibility index (Phi) is 3.55. The minimum absolute atomic E-state index is 0.0432. The lowest BCUT2D eigenvalue weighted by atomic mass is 10.1. The van der Waals surface area contributed by atoms with E-state index in [-0.39, 0.29) is 5.91 Å². The van der Waals surface area contributed by atoms with Gasteiger partial charge in [0.05, 0.1) is 11.9 Å². The fraction of sp³-hybridized carbons (Fsp3) is 0.286. The van der Waals surface area contributed by atoms with E-state index in [0.717, 1.165) is 11.4 Å². The summed E-state index contributed by atoms with van der Waals surface area (Å²) in [5, 5.41) is 4.07. The molecular weight excluding hydrogens is 240 g/mol. The van der Waals surface area contributed by atoms with E-state index in [1.54, 1.807) is 22.8 Å². The van der Waals surface area contributed by atoms with E-state index in [4.69, 9.17) is 0 Å². The first kappa shape index (κ1) is 13.1. The molecule has 0 atom stereocenters. The quantitative estimate of drug-likeness (QED) is 0.842. The summed E-state index contributed by atoms with van der Waals surface area (Å²) < 4.78 is 1.67. The molecule has 0 aliphatic heterocycles. The largest absolute Gasteiger partial charge is 0.378 e. The van der Waals surface area contributed by atoms with Crippen LogP contribution in [0.5, 0.6) is 0 Å². The van der Waals surface area contributed by atoms with Crippen LogP contribution >= 0.6 is 0 Å². The molecule has 0 saturated heterocycles. The molecule has 0 radical (unpaired) electrons. The number of hydrogen-bond donors (Lipinski definition) is 0. The normalized spacial score (nSPS) is 10.3. The van der Waals surface area contributed by atoms with Crippen molar-refractivity contribution in [2.45, 2.75) is 0 Å². The highest BCUT2D eigenvalue weighted by Crippen LogP contribution is 2.17. The highest BCUT2D eigenvalue weighted by atomic mass is 16.2. The number of benzene rings is 1. The Hall–Kier alpha value is -2.30. The smallest absolute Gasteiger partial charge is 0.258 e. The van der Waals surface area contributed by atoms with Crippen molar-refractivity contribution in [3.05, 3.63) is 42.2 Å². The number of rotatable bonds is 3. The molecule has 0 aliphatic rings. The van der Waals surface area contributed by atoms with Crippen molar-refractivity contribution in [1.82, 2.24) is 9.78 Å². The molecule has 2 aromatic rings. The van der Waals surface area contributed by atoms with Gasteiger partial charge in [0.1, 0.15) is 0 Å². The van der Waals surface area contributed by atoms with Crippen molar-refractivity contribution in [2.24, 2.45) is 7.05 Å². The number of carbonyl (C=O) groups is 1. The molecule has 2 rings (SSSR count). The maximum absolute atomic E-state index is 12.3. The molecule has 0 unspecified atom stereocenters. The number of nitrogens with zero attached hydrogens (tertiary/aromatic N) is 4. The number of aromatic nitrogens is 2. The molecule has 1 aromatic carbocycles. The monoisotopic (exact) mass is 258 g/mol. The lowest BCUT2D eigenvalue weighted by Crippen LogP contribution is -2.25. The van der Waals surface area contributed by atoms with Gasteiger partial charge < -0.3 is 9.80 Å². The molecular formula is C14H18N4O. The van der Waals surface area contributed by atoms with E-state index >= 15 is 0 Å². The van der Waals surface area contributed by atoms with Gasteiger partial charge in [-0.3, -0.25) is 9.48 Å². The summed E-state index contributed by atoms with van der Waals surface area (Å²) >= 11 is 0. The first-order valence-corrected chi connectivity index (χ1v) is 6.03. The SMILES string of the molecule is CN(C)c1ccc(C(=O)N(C)c2cnn(C)c2)cc1. The van der Waals surface area contributed by atoms with Gasteiger partial charge in [-0.15, -0.1) is 0 Å². The van der Waals surface area contributed by atoms with Gasteiger partial charge in [0.2, 0.25) is 0 Å². The third-order valence-corrected chi connectivity index (χ3v) is 3.01. The Morgan fingerprint density at radius 3 is 2.21 bits per heavy atom. The van der Waals surface area contributed by atoms with Gasteiger partial charge in [0.15, 0.2) is 0 Å². The number of amides is 1. The van der Waals surface area contributed by atoms with E-state index in [1.165, 1.54) is 0 Å². The summed E-state index contributed by atoms with van der Waals surface area (Å²) in [5.41, 5.74) is 2.52. The molecule has 0 saturated carbocycles. The molecule has 5 heteroatoms. The van der Waals surface area contributed by atoms with E-state index in [0.29, 0.717) is 5.56 Å². The van der Waals surface area contributed by atoms with Crippen LogP contribution in [0, 0.1) is 0 Å². The summed E-state index contributed by atoms with van der Waals surface area (Å²) in [4.78, 5) is 15.9. The molecule has 100 valence electrons. The van der Waals surface area contributed by atoms with E-state index < -0.39 is 0 Å². The first-order valence-electron chi connectivity index (χ1n) is 6.03. The van der Waals surface area contributed by atoms with Crippen molar-refractivity contribution in [1.29, 1.82) is 0 Å². The zero-order chi connectivity index (χ0) is 14.0. The van der Waals surface area contributed by atoms with Crippen molar-refractivity contribution in [3.63, 3.8) is 0 Å². The van der Waals surface area contributed by atoms with Gasteiger partial charge >= 0.3 is 0 Å². The van der Waals surface area contributed by atoms with Crippen LogP contribution in [-0.4, -0.2) is 36.8 Å². The van der Waals surface area contributed by atoms with Crippen LogP contribution in [0.15, 0.2) is 36.7 Å². The predicted octanol–water partition coefficient (Wildman–Crippen LogP) is 1.76. The number of aryl methyl sites for hydroxylation is 1. The van der Waals surface area contributed by atoms with Crippen molar-refractivity contribution in [2.75, 3.05) is 30.9 Å². The van der Waals surface area contributed by atoms with Crippen LogP contribution in [0.3, 0.4) is 0 Å². The Morgan fingerprint density at radius 1 is 1.11 bits per heavy atom. The molecule has 0 spiro atoms. The van der Waals surface area contributed by atoms with Gasteiger partial charge in [-0.05, 0) is 24.3 Å². The Morgan fingerprint density at radius 2 is 1.74 bits per heavy atom. The topological polar surface area (TPSA) is 41.4 Å². The Balaban J connectivity index is 2.19. The average molecular weight is 258 g/mol. The molecule has 0 bridgehead atoms. The van der Waals surface area contributed by atoms with Crippen molar-refractivity contribution >= 4 is 17.3 Å². The van der Waals surface area contributed by atoms with Gasteiger partial charge in [-0.25, -0.2) is 0 Å². The lowest BCUT2D eigenvalue weighted by Gasteiger charge is -2.16. The van der Waals surface area contributed by atoms with Gasteiger partial charge in [0, 0.05) is 45.6 Å². The zero-order valence-electron chi connectivity index (χ0n) is 11.7. The fourth-order valence-electron chi connectivity index (χ4n) is 1.79. The second kappa shape index (κ2) is 5.14. The van der Waals surface area contributed by atoms with Crippen LogP contribution in [0.4, 0.5) is 11.4 Å². The number of carbonyl (C=O) groups excluding carboxylic acids is 1. The van der Waals surface area contributed by atoms with Crippen LogP contribution in [-0.2, 0) is 7.05 Å². The highest BCUT2D eigenvalue weighted by Gasteiger charge is 2.14. The molecule has 1 aromatic heterocycles. The first-order chi connectivity index (χ1) is 8.99. The minimum Gasteiger partial charge on any atom is -0.378 e. The average Bonchev–Trinajstić information content (AvgIpc) is 2.84. The van der Waals surface area contributed by atoms with Crippen LogP contribution in [0.2, 0.25) is 0 Å². The third-order valence-electron chi connectivity index (χ3n) is 3.01. The number of hydrogen-bond acceptors (Lipinski definition) is 3. The molecule has 1 heterocycles. The third kappa shape index (κ3) is 2.76. The second-order valence-corrected chi connectivity index (χ2v) is 4.68. The van der Waals surface area contributed by atoms with Crippen molar-refractivity contribution < 1.29 is 4.79 Å². The maximum Gasteiger partial charge on any atom is 0.258 e. The molecule has 0 fully saturated rings. The summed E-state index contributed by atoms with van der Waals surface area (Å²) in [6.45, 7) is 0. The second-order valence-electron chi connectivity index (χ2n) is 4.68. The summed E-state index contributed by atoms with van der Waals surface area (Å²) in [7, 11) is 7.52. The van der Waals surface area contributed by atoms with Gasteiger partial charge in [0.25, 0.3) is 5.91 Å². The summed E-state index contributed by atoms with van der Waals surface area (Å²) in [5.74, 6) is -0.0432. The molecule has 5 nitrogen and oxygen atoms in total. The molecule has 0 N–H and O–H groups in total. The molecule has 0 aliphatic carbocycles. The minimum atomic E-state index is -0.0432. The maximum atomic E-state index is 12.3. The van der Waals surface area contributed by atoms with Crippen LogP contribution < -0.4 is 9.80 Å². The predicted molar refractivity (Wildman–Crippen MR) is 76.7 cm³/mol. The van der Waals surface area contributed by atoms with Crippen LogP contribution in [0.25, 0.3) is 0 Å².